The summed E-state index contributed by atoms with van der Waals surface area (Å²) in [5.41, 5.74) is 0. The zero-order valence-electron chi connectivity index (χ0n) is 10.6. The molecule has 6 heteroatoms. The minimum absolute atomic E-state index is 0.205. The molecule has 0 aromatic carbocycles. The summed E-state index contributed by atoms with van der Waals surface area (Å²) in [7, 11) is -4.51. The van der Waals surface area contributed by atoms with E-state index in [2.05, 4.69) is 18.2 Å². The molecule has 0 aromatic heterocycles. The topological polar surface area (TPSA) is 87.0 Å². The molecular formula is C12H20NO4P. The molecule has 0 saturated carbocycles. The Morgan fingerprint density at radius 2 is 2.06 bits per heavy atom. The van der Waals surface area contributed by atoms with Crippen LogP contribution in [-0.4, -0.2) is 27.1 Å². The molecule has 2 unspecified atom stereocenters. The van der Waals surface area contributed by atoms with E-state index in [1.807, 2.05) is 6.92 Å². The standard InChI is InChI=1S/C12H20NO4P/c1-4-7-8-9-12(6-3,18(15,16)17)11(5-2)13-10-14/h5-6,11H,2-4,7-9H2,1H3,(H2,15,16,17). The molecule has 0 fully saturated rings. The molecule has 0 amide bonds. The van der Waals surface area contributed by atoms with Gasteiger partial charge < -0.3 is 9.79 Å². The second-order valence-corrected chi connectivity index (χ2v) is 6.02. The highest BCUT2D eigenvalue weighted by Gasteiger charge is 2.49. The van der Waals surface area contributed by atoms with Crippen molar-refractivity contribution in [1.82, 2.24) is 0 Å². The Labute approximate surface area is 107 Å². The van der Waals surface area contributed by atoms with Gasteiger partial charge in [0, 0.05) is 0 Å². The third-order valence-corrected chi connectivity index (χ3v) is 4.76. The van der Waals surface area contributed by atoms with Crippen molar-refractivity contribution in [3.63, 3.8) is 0 Å². The third-order valence-electron chi connectivity index (χ3n) is 3.00. The van der Waals surface area contributed by atoms with Gasteiger partial charge in [-0.2, -0.15) is 4.99 Å². The average Bonchev–Trinajstić information content (AvgIpc) is 2.31. The maximum Gasteiger partial charge on any atom is 0.337 e. The minimum Gasteiger partial charge on any atom is -0.324 e. The molecule has 0 rings (SSSR count). The van der Waals surface area contributed by atoms with E-state index >= 15 is 0 Å². The Bertz CT molecular complexity index is 384. The molecule has 0 aromatic rings. The van der Waals surface area contributed by atoms with Gasteiger partial charge in [-0.25, -0.2) is 4.79 Å². The Balaban J connectivity index is 5.48. The highest BCUT2D eigenvalue weighted by Crippen LogP contribution is 2.56. The number of rotatable bonds is 9. The van der Waals surface area contributed by atoms with E-state index in [1.165, 1.54) is 18.2 Å². The van der Waals surface area contributed by atoms with Gasteiger partial charge in [0.15, 0.2) is 0 Å². The van der Waals surface area contributed by atoms with Gasteiger partial charge >= 0.3 is 7.60 Å². The molecule has 18 heavy (non-hydrogen) atoms. The van der Waals surface area contributed by atoms with Crippen molar-refractivity contribution in [1.29, 1.82) is 0 Å². The Morgan fingerprint density at radius 1 is 1.44 bits per heavy atom. The first-order valence-electron chi connectivity index (χ1n) is 5.78. The normalized spacial score (nSPS) is 16.2. The minimum atomic E-state index is -4.51. The van der Waals surface area contributed by atoms with Crippen molar-refractivity contribution < 1.29 is 19.1 Å². The number of carbonyl (C=O) groups excluding carboxylic acids is 1. The second-order valence-electron chi connectivity index (χ2n) is 4.10. The monoisotopic (exact) mass is 273 g/mol. The van der Waals surface area contributed by atoms with Gasteiger partial charge in [-0.3, -0.25) is 4.57 Å². The van der Waals surface area contributed by atoms with Gasteiger partial charge in [0.1, 0.15) is 11.2 Å². The van der Waals surface area contributed by atoms with Crippen molar-refractivity contribution in [3.05, 3.63) is 25.3 Å². The summed E-state index contributed by atoms with van der Waals surface area (Å²) >= 11 is 0. The molecule has 0 aliphatic rings. The van der Waals surface area contributed by atoms with E-state index < -0.39 is 18.8 Å². The number of nitrogens with zero attached hydrogens (tertiary/aromatic N) is 1. The molecule has 0 saturated heterocycles. The summed E-state index contributed by atoms with van der Waals surface area (Å²) in [5, 5.41) is -1.57. The molecule has 0 heterocycles. The van der Waals surface area contributed by atoms with Crippen molar-refractivity contribution >= 4 is 13.7 Å². The lowest BCUT2D eigenvalue weighted by Crippen LogP contribution is -2.38. The second kappa shape index (κ2) is 7.45. The molecule has 0 spiro atoms. The van der Waals surface area contributed by atoms with E-state index in [4.69, 9.17) is 0 Å². The number of isocyanates is 1. The SMILES string of the molecule is C=CC(N=C=O)C(C=C)(CCCCC)P(=O)(O)O. The van der Waals surface area contributed by atoms with Crippen LogP contribution in [0.2, 0.25) is 0 Å². The van der Waals surface area contributed by atoms with Crippen molar-refractivity contribution in [2.24, 2.45) is 4.99 Å². The number of aliphatic imine (C=N–C) groups is 1. The van der Waals surface area contributed by atoms with Crippen LogP contribution in [0.4, 0.5) is 0 Å². The van der Waals surface area contributed by atoms with Crippen LogP contribution in [0.5, 0.6) is 0 Å². The molecule has 102 valence electrons. The van der Waals surface area contributed by atoms with E-state index in [1.54, 1.807) is 0 Å². The summed E-state index contributed by atoms with van der Waals surface area (Å²) < 4.78 is 11.7. The van der Waals surface area contributed by atoms with E-state index in [0.29, 0.717) is 6.42 Å². The molecular weight excluding hydrogens is 253 g/mol. The first-order valence-corrected chi connectivity index (χ1v) is 7.39. The summed E-state index contributed by atoms with van der Waals surface area (Å²) in [6, 6.07) is -1.01. The largest absolute Gasteiger partial charge is 0.337 e. The molecule has 2 atom stereocenters. The zero-order valence-corrected chi connectivity index (χ0v) is 11.5. The first kappa shape index (κ1) is 17.0. The predicted octanol–water partition coefficient (Wildman–Crippen LogP) is 2.56. The smallest absolute Gasteiger partial charge is 0.324 e. The van der Waals surface area contributed by atoms with Gasteiger partial charge in [-0.15, -0.1) is 13.2 Å². The van der Waals surface area contributed by atoms with Crippen molar-refractivity contribution in [2.45, 2.75) is 43.8 Å². The molecule has 0 aliphatic carbocycles. The summed E-state index contributed by atoms with van der Waals surface area (Å²) in [6.45, 7) is 8.96. The lowest BCUT2D eigenvalue weighted by molar-refractivity contribution is 0.323. The summed E-state index contributed by atoms with van der Waals surface area (Å²) in [6.07, 6.45) is 6.35. The fourth-order valence-corrected chi connectivity index (χ4v) is 3.09. The van der Waals surface area contributed by atoms with Gasteiger partial charge in [-0.05, 0) is 6.42 Å². The van der Waals surface area contributed by atoms with Crippen LogP contribution in [0.3, 0.4) is 0 Å². The summed E-state index contributed by atoms with van der Waals surface area (Å²) in [5.74, 6) is 0. The van der Waals surface area contributed by atoms with Crippen molar-refractivity contribution in [3.8, 4) is 0 Å². The highest BCUT2D eigenvalue weighted by atomic mass is 31.2. The predicted molar refractivity (Wildman–Crippen MR) is 71.2 cm³/mol. The quantitative estimate of drug-likeness (QED) is 0.222. The molecule has 5 nitrogen and oxygen atoms in total. The van der Waals surface area contributed by atoms with Gasteiger partial charge in [0.2, 0.25) is 6.08 Å². The Kier molecular flexibility index (Phi) is 7.04. The fraction of sp³-hybridized carbons (Fsp3) is 0.583. The van der Waals surface area contributed by atoms with Crippen LogP contribution < -0.4 is 0 Å². The first-order chi connectivity index (χ1) is 8.39. The van der Waals surface area contributed by atoms with Gasteiger partial charge in [0.25, 0.3) is 0 Å². The fourth-order valence-electron chi connectivity index (χ4n) is 1.89. The van der Waals surface area contributed by atoms with Gasteiger partial charge in [0.05, 0.1) is 0 Å². The Hall–Kier alpha value is -0.990. The highest BCUT2D eigenvalue weighted by molar-refractivity contribution is 7.54. The van der Waals surface area contributed by atoms with Gasteiger partial charge in [-0.1, -0.05) is 38.3 Å². The number of hydrogen-bond donors (Lipinski definition) is 2. The van der Waals surface area contributed by atoms with Crippen LogP contribution in [0.25, 0.3) is 0 Å². The molecule has 2 N–H and O–H groups in total. The van der Waals surface area contributed by atoms with E-state index in [-0.39, 0.29) is 6.42 Å². The van der Waals surface area contributed by atoms with Crippen LogP contribution in [-0.2, 0) is 9.36 Å². The molecule has 0 bridgehead atoms. The maximum atomic E-state index is 11.7. The van der Waals surface area contributed by atoms with Crippen molar-refractivity contribution in [2.75, 3.05) is 0 Å². The van der Waals surface area contributed by atoms with E-state index in [9.17, 15) is 19.1 Å². The lowest BCUT2D eigenvalue weighted by atomic mass is 9.92. The Morgan fingerprint density at radius 3 is 2.39 bits per heavy atom. The zero-order chi connectivity index (χ0) is 14.2. The van der Waals surface area contributed by atoms with Crippen LogP contribution in [0.15, 0.2) is 30.3 Å². The molecule has 0 aliphatic heterocycles. The van der Waals surface area contributed by atoms with Crippen LogP contribution in [0.1, 0.15) is 32.6 Å². The summed E-state index contributed by atoms with van der Waals surface area (Å²) in [4.78, 5) is 32.9. The lowest BCUT2D eigenvalue weighted by Gasteiger charge is -2.34. The van der Waals surface area contributed by atoms with E-state index in [0.717, 1.165) is 12.8 Å². The average molecular weight is 273 g/mol. The number of hydrogen-bond acceptors (Lipinski definition) is 3. The number of unbranched alkanes of at least 4 members (excludes halogenated alkanes) is 2. The van der Waals surface area contributed by atoms with Crippen LogP contribution >= 0.6 is 7.60 Å². The third kappa shape index (κ3) is 3.76. The maximum absolute atomic E-state index is 11.7. The van der Waals surface area contributed by atoms with Crippen LogP contribution in [0, 0.1) is 0 Å². The molecule has 0 radical (unpaired) electrons.